The van der Waals surface area contributed by atoms with Gasteiger partial charge in [0.1, 0.15) is 5.69 Å². The lowest BCUT2D eigenvalue weighted by molar-refractivity contribution is 0.0728. The van der Waals surface area contributed by atoms with Gasteiger partial charge in [0.15, 0.2) is 11.5 Å². The number of likely N-dealkylation sites (N-methyl/N-ethyl adjacent to an activating group) is 1. The van der Waals surface area contributed by atoms with E-state index in [1.165, 1.54) is 5.56 Å². The van der Waals surface area contributed by atoms with Gasteiger partial charge in [0, 0.05) is 26.2 Å². The van der Waals surface area contributed by atoms with E-state index >= 15 is 0 Å². The Morgan fingerprint density at radius 2 is 1.89 bits per heavy atom. The highest BCUT2D eigenvalue weighted by atomic mass is 16.5. The van der Waals surface area contributed by atoms with Crippen molar-refractivity contribution in [2.24, 2.45) is 0 Å². The van der Waals surface area contributed by atoms with Crippen molar-refractivity contribution in [3.8, 4) is 11.5 Å². The minimum atomic E-state index is -0.0553. The van der Waals surface area contributed by atoms with Crippen LogP contribution in [0.5, 0.6) is 11.5 Å². The average molecular weight is 384 g/mol. The summed E-state index contributed by atoms with van der Waals surface area (Å²) in [6.07, 6.45) is 2.50. The standard InChI is InChI=1S/C21H28N4O3/c1-24(2)10-8-22-17-5-6-18(23-13-17)21(26)25-9-7-15-11-19(27-3)20(28-4)12-16(15)14-25/h5-6,11-13,22H,7-10,14H2,1-4H3. The fourth-order valence-electron chi connectivity index (χ4n) is 3.27. The molecule has 0 bridgehead atoms. The number of ether oxygens (including phenoxy) is 2. The molecule has 150 valence electrons. The Labute approximate surface area is 166 Å². The molecular weight excluding hydrogens is 356 g/mol. The molecule has 28 heavy (non-hydrogen) atoms. The van der Waals surface area contributed by atoms with E-state index < -0.39 is 0 Å². The van der Waals surface area contributed by atoms with Crippen molar-refractivity contribution in [1.29, 1.82) is 0 Å². The molecule has 0 radical (unpaired) electrons. The summed E-state index contributed by atoms with van der Waals surface area (Å²) in [5, 5.41) is 3.30. The number of benzene rings is 1. The van der Waals surface area contributed by atoms with Gasteiger partial charge >= 0.3 is 0 Å². The molecule has 0 saturated carbocycles. The zero-order chi connectivity index (χ0) is 20.1. The van der Waals surface area contributed by atoms with Gasteiger partial charge in [-0.2, -0.15) is 0 Å². The predicted molar refractivity (Wildman–Crippen MR) is 109 cm³/mol. The maximum atomic E-state index is 12.9. The molecule has 1 aromatic carbocycles. The first-order chi connectivity index (χ1) is 13.5. The van der Waals surface area contributed by atoms with Crippen LogP contribution >= 0.6 is 0 Å². The van der Waals surface area contributed by atoms with Gasteiger partial charge in [0.25, 0.3) is 5.91 Å². The summed E-state index contributed by atoms with van der Waals surface area (Å²) in [7, 11) is 7.32. The Balaban J connectivity index is 1.67. The summed E-state index contributed by atoms with van der Waals surface area (Å²) >= 11 is 0. The number of carbonyl (C=O) groups is 1. The van der Waals surface area contributed by atoms with Crippen LogP contribution in [-0.2, 0) is 13.0 Å². The first-order valence-corrected chi connectivity index (χ1v) is 9.39. The van der Waals surface area contributed by atoms with Crippen LogP contribution in [0, 0.1) is 0 Å². The Hall–Kier alpha value is -2.80. The molecule has 0 unspecified atom stereocenters. The van der Waals surface area contributed by atoms with E-state index in [2.05, 4.69) is 15.2 Å². The Kier molecular flexibility index (Phi) is 6.36. The van der Waals surface area contributed by atoms with E-state index in [1.807, 2.05) is 37.2 Å². The summed E-state index contributed by atoms with van der Waals surface area (Å²) in [5.74, 6) is 1.35. The topological polar surface area (TPSA) is 66.9 Å². The number of pyridine rings is 1. The third-order valence-electron chi connectivity index (χ3n) is 4.88. The van der Waals surface area contributed by atoms with E-state index in [1.54, 1.807) is 26.5 Å². The molecule has 7 heteroatoms. The van der Waals surface area contributed by atoms with Crippen LogP contribution in [0.1, 0.15) is 21.6 Å². The second-order valence-corrected chi connectivity index (χ2v) is 7.11. The largest absolute Gasteiger partial charge is 0.493 e. The Morgan fingerprint density at radius 1 is 1.18 bits per heavy atom. The van der Waals surface area contributed by atoms with Crippen molar-refractivity contribution in [3.63, 3.8) is 0 Å². The normalized spacial score (nSPS) is 13.2. The van der Waals surface area contributed by atoms with E-state index in [0.717, 1.165) is 36.5 Å². The molecule has 2 aromatic rings. The molecule has 1 aromatic heterocycles. The molecule has 0 atom stereocenters. The second kappa shape index (κ2) is 8.93. The molecule has 0 aliphatic carbocycles. The lowest BCUT2D eigenvalue weighted by Crippen LogP contribution is -2.36. The molecule has 1 aliphatic heterocycles. The van der Waals surface area contributed by atoms with Gasteiger partial charge in [0.05, 0.1) is 26.1 Å². The number of methoxy groups -OCH3 is 2. The van der Waals surface area contributed by atoms with Crippen LogP contribution in [0.4, 0.5) is 5.69 Å². The SMILES string of the molecule is COc1cc2c(cc1OC)CN(C(=O)c1ccc(NCCN(C)C)cn1)CC2. The van der Waals surface area contributed by atoms with Gasteiger partial charge in [0.2, 0.25) is 0 Å². The number of nitrogens with one attached hydrogen (secondary N) is 1. The minimum Gasteiger partial charge on any atom is -0.493 e. The van der Waals surface area contributed by atoms with Gasteiger partial charge in [-0.25, -0.2) is 4.98 Å². The van der Waals surface area contributed by atoms with Crippen LogP contribution in [-0.4, -0.2) is 68.6 Å². The van der Waals surface area contributed by atoms with Crippen LogP contribution < -0.4 is 14.8 Å². The number of anilines is 1. The highest BCUT2D eigenvalue weighted by molar-refractivity contribution is 5.92. The minimum absolute atomic E-state index is 0.0553. The third-order valence-corrected chi connectivity index (χ3v) is 4.88. The lowest BCUT2D eigenvalue weighted by atomic mass is 9.98. The van der Waals surface area contributed by atoms with Crippen LogP contribution in [0.15, 0.2) is 30.5 Å². The van der Waals surface area contributed by atoms with E-state index in [9.17, 15) is 4.79 Å². The maximum absolute atomic E-state index is 12.9. The lowest BCUT2D eigenvalue weighted by Gasteiger charge is -2.29. The van der Waals surface area contributed by atoms with Crippen molar-refractivity contribution >= 4 is 11.6 Å². The molecule has 1 aliphatic rings. The first-order valence-electron chi connectivity index (χ1n) is 9.39. The summed E-state index contributed by atoms with van der Waals surface area (Å²) in [5.41, 5.74) is 3.65. The first kappa shape index (κ1) is 19.9. The van der Waals surface area contributed by atoms with E-state index in [0.29, 0.717) is 24.5 Å². The highest BCUT2D eigenvalue weighted by Crippen LogP contribution is 2.33. The zero-order valence-electron chi connectivity index (χ0n) is 17.0. The molecular formula is C21H28N4O3. The number of hydrogen-bond acceptors (Lipinski definition) is 6. The van der Waals surface area contributed by atoms with Crippen molar-refractivity contribution < 1.29 is 14.3 Å². The van der Waals surface area contributed by atoms with Crippen molar-refractivity contribution in [2.75, 3.05) is 53.3 Å². The molecule has 2 heterocycles. The van der Waals surface area contributed by atoms with Gasteiger partial charge in [-0.05, 0) is 55.9 Å². The fourth-order valence-corrected chi connectivity index (χ4v) is 3.27. The number of carbonyl (C=O) groups excluding carboxylic acids is 1. The number of aromatic nitrogens is 1. The van der Waals surface area contributed by atoms with Crippen LogP contribution in [0.2, 0.25) is 0 Å². The maximum Gasteiger partial charge on any atom is 0.272 e. The quantitative estimate of drug-likeness (QED) is 0.790. The number of nitrogens with zero attached hydrogens (tertiary/aromatic N) is 3. The fraction of sp³-hybridized carbons (Fsp3) is 0.429. The number of hydrogen-bond donors (Lipinski definition) is 1. The Bertz CT molecular complexity index is 821. The molecule has 7 nitrogen and oxygen atoms in total. The smallest absolute Gasteiger partial charge is 0.272 e. The molecule has 0 fully saturated rings. The number of amides is 1. The second-order valence-electron chi connectivity index (χ2n) is 7.11. The van der Waals surface area contributed by atoms with Gasteiger partial charge in [-0.3, -0.25) is 4.79 Å². The van der Waals surface area contributed by atoms with Gasteiger partial charge in [-0.15, -0.1) is 0 Å². The van der Waals surface area contributed by atoms with Crippen molar-refractivity contribution in [1.82, 2.24) is 14.8 Å². The molecule has 3 rings (SSSR count). The monoisotopic (exact) mass is 384 g/mol. The zero-order valence-corrected chi connectivity index (χ0v) is 17.0. The van der Waals surface area contributed by atoms with Crippen molar-refractivity contribution in [3.05, 3.63) is 47.3 Å². The summed E-state index contributed by atoms with van der Waals surface area (Å²) < 4.78 is 10.8. The molecule has 0 saturated heterocycles. The number of rotatable bonds is 7. The van der Waals surface area contributed by atoms with Gasteiger partial charge < -0.3 is 24.6 Å². The predicted octanol–water partition coefficient (Wildman–Crippen LogP) is 2.27. The summed E-state index contributed by atoms with van der Waals surface area (Å²) in [4.78, 5) is 21.2. The van der Waals surface area contributed by atoms with Crippen molar-refractivity contribution in [2.45, 2.75) is 13.0 Å². The third kappa shape index (κ3) is 4.54. The average Bonchev–Trinajstić information content (AvgIpc) is 2.72. The summed E-state index contributed by atoms with van der Waals surface area (Å²) in [6.45, 7) is 2.96. The van der Waals surface area contributed by atoms with Gasteiger partial charge in [-0.1, -0.05) is 0 Å². The van der Waals surface area contributed by atoms with Crippen LogP contribution in [0.25, 0.3) is 0 Å². The number of fused-ring (bicyclic) bond motifs is 1. The summed E-state index contributed by atoms with van der Waals surface area (Å²) in [6, 6.07) is 7.65. The van der Waals surface area contributed by atoms with Crippen LogP contribution in [0.3, 0.4) is 0 Å². The highest BCUT2D eigenvalue weighted by Gasteiger charge is 2.24. The molecule has 1 N–H and O–H groups in total. The molecule has 1 amide bonds. The Morgan fingerprint density at radius 3 is 2.50 bits per heavy atom. The van der Waals surface area contributed by atoms with E-state index in [4.69, 9.17) is 9.47 Å². The van der Waals surface area contributed by atoms with E-state index in [-0.39, 0.29) is 5.91 Å². The molecule has 0 spiro atoms.